The highest BCUT2D eigenvalue weighted by molar-refractivity contribution is 6.21. The fourth-order valence-electron chi connectivity index (χ4n) is 2.23. The molecule has 20 heavy (non-hydrogen) atoms. The van der Waals surface area contributed by atoms with Crippen molar-refractivity contribution in [1.82, 2.24) is 4.98 Å². The van der Waals surface area contributed by atoms with Gasteiger partial charge < -0.3 is 9.47 Å². The summed E-state index contributed by atoms with van der Waals surface area (Å²) in [5, 5.41) is -0.206. The molecule has 2 aromatic rings. The summed E-state index contributed by atoms with van der Waals surface area (Å²) in [6.07, 6.45) is 3.55. The van der Waals surface area contributed by atoms with Crippen molar-refractivity contribution in [2.24, 2.45) is 0 Å². The van der Waals surface area contributed by atoms with Crippen molar-refractivity contribution < 1.29 is 9.47 Å². The molecule has 2 rings (SSSR count). The van der Waals surface area contributed by atoms with Crippen LogP contribution in [0.15, 0.2) is 42.7 Å². The van der Waals surface area contributed by atoms with Crippen LogP contribution in [-0.2, 0) is 0 Å². The maximum absolute atomic E-state index is 6.65. The average Bonchev–Trinajstić information content (AvgIpc) is 2.53. The summed E-state index contributed by atoms with van der Waals surface area (Å²) >= 11 is 6.65. The second kappa shape index (κ2) is 6.62. The van der Waals surface area contributed by atoms with E-state index in [4.69, 9.17) is 21.1 Å². The zero-order valence-corrected chi connectivity index (χ0v) is 12.6. The zero-order chi connectivity index (χ0) is 14.5. The van der Waals surface area contributed by atoms with Crippen LogP contribution in [0.2, 0.25) is 0 Å². The molecule has 0 saturated heterocycles. The monoisotopic (exact) mass is 291 g/mol. The average molecular weight is 292 g/mol. The third-order valence-electron chi connectivity index (χ3n) is 3.40. The van der Waals surface area contributed by atoms with Crippen molar-refractivity contribution in [3.05, 3.63) is 53.9 Å². The third kappa shape index (κ3) is 2.88. The van der Waals surface area contributed by atoms with Crippen LogP contribution in [0.3, 0.4) is 0 Å². The quantitative estimate of drug-likeness (QED) is 0.774. The molecule has 2 atom stereocenters. The van der Waals surface area contributed by atoms with E-state index in [9.17, 15) is 0 Å². The lowest BCUT2D eigenvalue weighted by molar-refractivity contribution is 0.350. The lowest BCUT2D eigenvalue weighted by Gasteiger charge is -2.21. The topological polar surface area (TPSA) is 31.4 Å². The Morgan fingerprint density at radius 3 is 2.35 bits per heavy atom. The summed E-state index contributed by atoms with van der Waals surface area (Å²) < 4.78 is 10.8. The number of halogens is 1. The molecule has 0 spiro atoms. The van der Waals surface area contributed by atoms with E-state index in [1.807, 2.05) is 30.3 Å². The van der Waals surface area contributed by atoms with Gasteiger partial charge in [0.05, 0.1) is 19.6 Å². The highest BCUT2D eigenvalue weighted by Gasteiger charge is 2.23. The predicted octanol–water partition coefficient (Wildman–Crippen LogP) is 4.18. The van der Waals surface area contributed by atoms with Crippen molar-refractivity contribution in [3.63, 3.8) is 0 Å². The molecule has 0 bridgehead atoms. The maximum Gasteiger partial charge on any atom is 0.165 e. The van der Waals surface area contributed by atoms with Crippen LogP contribution in [0.5, 0.6) is 11.5 Å². The molecule has 0 radical (unpaired) electrons. The van der Waals surface area contributed by atoms with Gasteiger partial charge in [-0.05, 0) is 23.8 Å². The van der Waals surface area contributed by atoms with Crippen molar-refractivity contribution in [2.45, 2.75) is 18.2 Å². The second-order valence-electron chi connectivity index (χ2n) is 4.55. The van der Waals surface area contributed by atoms with E-state index in [1.165, 1.54) is 0 Å². The van der Waals surface area contributed by atoms with E-state index >= 15 is 0 Å². The molecule has 0 fully saturated rings. The predicted molar refractivity (Wildman–Crippen MR) is 80.8 cm³/mol. The van der Waals surface area contributed by atoms with E-state index in [0.717, 1.165) is 11.1 Å². The van der Waals surface area contributed by atoms with Crippen molar-refractivity contribution >= 4 is 11.6 Å². The van der Waals surface area contributed by atoms with Crippen molar-refractivity contribution in [2.75, 3.05) is 14.2 Å². The Labute approximate surface area is 124 Å². The summed E-state index contributed by atoms with van der Waals surface area (Å²) in [7, 11) is 3.25. The molecule has 1 aromatic heterocycles. The molecule has 0 aliphatic heterocycles. The molecular weight excluding hydrogens is 274 g/mol. The number of rotatable bonds is 5. The van der Waals surface area contributed by atoms with Gasteiger partial charge >= 0.3 is 0 Å². The fraction of sp³-hybridized carbons (Fsp3) is 0.312. The molecule has 0 aliphatic rings. The fourth-order valence-corrected chi connectivity index (χ4v) is 2.55. The number of alkyl halides is 1. The largest absolute Gasteiger partial charge is 0.493 e. The minimum atomic E-state index is -0.206. The molecular formula is C16H18ClNO2. The van der Waals surface area contributed by atoms with Crippen molar-refractivity contribution in [3.8, 4) is 11.5 Å². The minimum Gasteiger partial charge on any atom is -0.493 e. The Balaban J connectivity index is 2.36. The van der Waals surface area contributed by atoms with Gasteiger partial charge in [0.1, 0.15) is 0 Å². The van der Waals surface area contributed by atoms with E-state index < -0.39 is 0 Å². The summed E-state index contributed by atoms with van der Waals surface area (Å²) in [6, 6.07) is 9.71. The van der Waals surface area contributed by atoms with Crippen LogP contribution < -0.4 is 9.47 Å². The first-order chi connectivity index (χ1) is 9.69. The number of nitrogens with zero attached hydrogens (tertiary/aromatic N) is 1. The number of hydrogen-bond donors (Lipinski definition) is 0. The number of benzene rings is 1. The number of pyridine rings is 1. The minimum absolute atomic E-state index is 0.140. The van der Waals surface area contributed by atoms with Crippen LogP contribution in [0, 0.1) is 0 Å². The SMILES string of the molecule is COc1cccc(C(Cl)C(C)c2ccncc2)c1OC. The molecule has 0 saturated carbocycles. The summed E-state index contributed by atoms with van der Waals surface area (Å²) in [6.45, 7) is 2.09. The van der Waals surface area contributed by atoms with E-state index in [1.54, 1.807) is 26.6 Å². The first-order valence-corrected chi connectivity index (χ1v) is 6.87. The van der Waals surface area contributed by atoms with Gasteiger partial charge in [0.25, 0.3) is 0 Å². The Bertz CT molecular complexity index is 560. The highest BCUT2D eigenvalue weighted by Crippen LogP contribution is 2.43. The Morgan fingerprint density at radius 1 is 1.05 bits per heavy atom. The van der Waals surface area contributed by atoms with Gasteiger partial charge in [-0.25, -0.2) is 0 Å². The number of ether oxygens (including phenoxy) is 2. The molecule has 0 N–H and O–H groups in total. The molecule has 4 heteroatoms. The van der Waals surface area contributed by atoms with Gasteiger partial charge in [-0.3, -0.25) is 4.98 Å². The van der Waals surface area contributed by atoms with Gasteiger partial charge in [-0.2, -0.15) is 0 Å². The first kappa shape index (κ1) is 14.7. The second-order valence-corrected chi connectivity index (χ2v) is 5.02. The molecule has 1 heterocycles. The van der Waals surface area contributed by atoms with E-state index in [0.29, 0.717) is 11.5 Å². The summed E-state index contributed by atoms with van der Waals surface area (Å²) in [5.74, 6) is 1.52. The number of aromatic nitrogens is 1. The molecule has 3 nitrogen and oxygen atoms in total. The molecule has 106 valence electrons. The number of methoxy groups -OCH3 is 2. The molecule has 1 aromatic carbocycles. The summed E-state index contributed by atoms with van der Waals surface area (Å²) in [5.41, 5.74) is 2.07. The van der Waals surface area contributed by atoms with Gasteiger partial charge in [0.2, 0.25) is 0 Å². The summed E-state index contributed by atoms with van der Waals surface area (Å²) in [4.78, 5) is 4.03. The highest BCUT2D eigenvalue weighted by atomic mass is 35.5. The van der Waals surface area contributed by atoms with Crippen LogP contribution in [0.1, 0.15) is 29.3 Å². The van der Waals surface area contributed by atoms with Gasteiger partial charge in [0, 0.05) is 23.9 Å². The van der Waals surface area contributed by atoms with E-state index in [2.05, 4.69) is 11.9 Å². The zero-order valence-electron chi connectivity index (χ0n) is 11.8. The first-order valence-electron chi connectivity index (χ1n) is 6.44. The number of hydrogen-bond acceptors (Lipinski definition) is 3. The van der Waals surface area contributed by atoms with Crippen LogP contribution >= 0.6 is 11.6 Å². The lowest BCUT2D eigenvalue weighted by Crippen LogP contribution is -2.05. The maximum atomic E-state index is 6.65. The normalized spacial score (nSPS) is 13.6. The molecule has 0 aliphatic carbocycles. The Kier molecular flexibility index (Phi) is 4.85. The van der Waals surface area contributed by atoms with Gasteiger partial charge in [-0.15, -0.1) is 11.6 Å². The van der Waals surface area contributed by atoms with E-state index in [-0.39, 0.29) is 11.3 Å². The smallest absolute Gasteiger partial charge is 0.165 e. The number of para-hydroxylation sites is 1. The van der Waals surface area contributed by atoms with Crippen LogP contribution in [-0.4, -0.2) is 19.2 Å². The Hall–Kier alpha value is -1.74. The van der Waals surface area contributed by atoms with Gasteiger partial charge in [-0.1, -0.05) is 19.1 Å². The third-order valence-corrected chi connectivity index (χ3v) is 4.01. The van der Waals surface area contributed by atoms with Gasteiger partial charge in [0.15, 0.2) is 11.5 Å². The van der Waals surface area contributed by atoms with Crippen LogP contribution in [0.25, 0.3) is 0 Å². The molecule has 2 unspecified atom stereocenters. The standard InChI is InChI=1S/C16H18ClNO2/c1-11(12-7-9-18-10-8-12)15(17)13-5-4-6-14(19-2)16(13)20-3/h4-11,15H,1-3H3. The van der Waals surface area contributed by atoms with Crippen molar-refractivity contribution in [1.29, 1.82) is 0 Å². The van der Waals surface area contributed by atoms with Crippen LogP contribution in [0.4, 0.5) is 0 Å². The lowest BCUT2D eigenvalue weighted by atomic mass is 9.93. The molecule has 0 amide bonds. The Morgan fingerprint density at radius 2 is 1.75 bits per heavy atom.